The molecule has 1 fully saturated rings. The van der Waals surface area contributed by atoms with Crippen molar-refractivity contribution >= 4 is 20.4 Å². The Bertz CT molecular complexity index is 371. The summed E-state index contributed by atoms with van der Waals surface area (Å²) in [6, 6.07) is 9.23. The van der Waals surface area contributed by atoms with E-state index in [4.69, 9.17) is 24.9 Å². The summed E-state index contributed by atoms with van der Waals surface area (Å²) >= 11 is 5.79. The summed E-state index contributed by atoms with van der Waals surface area (Å²) in [5.41, 5.74) is 2.42. The molecular weight excluding hydrogens is 280 g/mol. The number of halogens is 1. The zero-order valence-electron chi connectivity index (χ0n) is 11.4. The van der Waals surface area contributed by atoms with Gasteiger partial charge < -0.3 is 13.3 Å². The van der Waals surface area contributed by atoms with Crippen LogP contribution in [0.1, 0.15) is 24.5 Å². The molecule has 0 spiro atoms. The highest BCUT2D eigenvalue weighted by molar-refractivity contribution is 6.60. The Morgan fingerprint density at radius 3 is 2.37 bits per heavy atom. The summed E-state index contributed by atoms with van der Waals surface area (Å²) in [4.78, 5) is 0. The average molecular weight is 301 g/mol. The molecule has 5 heteroatoms. The predicted octanol–water partition coefficient (Wildman–Crippen LogP) is 3.38. The van der Waals surface area contributed by atoms with Crippen molar-refractivity contribution in [3.05, 3.63) is 35.4 Å². The van der Waals surface area contributed by atoms with Crippen molar-refractivity contribution in [1.29, 1.82) is 0 Å². The van der Waals surface area contributed by atoms with Gasteiger partial charge in [-0.25, -0.2) is 0 Å². The average Bonchev–Trinajstić information content (AvgIpc) is 2.47. The van der Waals surface area contributed by atoms with Gasteiger partial charge in [-0.1, -0.05) is 24.3 Å². The normalized spacial score (nSPS) is 18.4. The van der Waals surface area contributed by atoms with Crippen LogP contribution in [0.25, 0.3) is 0 Å². The van der Waals surface area contributed by atoms with E-state index in [0.717, 1.165) is 37.7 Å². The standard InChI is InChI=1S/C14H21ClO3Si/c1-2-16-19(17-9-3-10-18-19)11-8-13-4-6-14(12-15)7-5-13/h4-7H,2-3,8-12H2,1H3. The van der Waals surface area contributed by atoms with Crippen LogP contribution in [0.15, 0.2) is 24.3 Å². The minimum Gasteiger partial charge on any atom is -0.374 e. The third kappa shape index (κ3) is 4.29. The molecule has 0 radical (unpaired) electrons. The van der Waals surface area contributed by atoms with Gasteiger partial charge in [0.2, 0.25) is 0 Å². The van der Waals surface area contributed by atoms with Crippen molar-refractivity contribution < 1.29 is 13.3 Å². The van der Waals surface area contributed by atoms with E-state index in [9.17, 15) is 0 Å². The maximum atomic E-state index is 5.85. The molecule has 106 valence electrons. The highest BCUT2D eigenvalue weighted by Gasteiger charge is 2.42. The van der Waals surface area contributed by atoms with Gasteiger partial charge in [0.1, 0.15) is 0 Å². The lowest BCUT2D eigenvalue weighted by atomic mass is 10.1. The van der Waals surface area contributed by atoms with E-state index in [-0.39, 0.29) is 0 Å². The molecule has 19 heavy (non-hydrogen) atoms. The SMILES string of the molecule is CCO[Si]1(CCc2ccc(CCl)cc2)OCCCO1. The molecule has 1 heterocycles. The van der Waals surface area contributed by atoms with Crippen LogP contribution in [-0.4, -0.2) is 28.6 Å². The Morgan fingerprint density at radius 2 is 1.79 bits per heavy atom. The summed E-state index contributed by atoms with van der Waals surface area (Å²) < 4.78 is 17.5. The molecule has 1 aliphatic rings. The Balaban J connectivity index is 1.93. The van der Waals surface area contributed by atoms with Gasteiger partial charge in [0.05, 0.1) is 0 Å². The van der Waals surface area contributed by atoms with Crippen LogP contribution >= 0.6 is 11.6 Å². The number of hydrogen-bond donors (Lipinski definition) is 0. The smallest absolute Gasteiger partial charge is 0.374 e. The molecule has 0 aromatic heterocycles. The van der Waals surface area contributed by atoms with E-state index in [1.807, 2.05) is 6.92 Å². The lowest BCUT2D eigenvalue weighted by Gasteiger charge is -2.32. The second-order valence-corrected chi connectivity index (χ2v) is 7.62. The van der Waals surface area contributed by atoms with Crippen LogP contribution in [0.2, 0.25) is 6.04 Å². The fourth-order valence-corrected chi connectivity index (χ4v) is 4.97. The summed E-state index contributed by atoms with van der Waals surface area (Å²) in [7, 11) is -2.41. The second kappa shape index (κ2) is 7.41. The molecule has 2 rings (SSSR count). The van der Waals surface area contributed by atoms with Crippen molar-refractivity contribution in [3.63, 3.8) is 0 Å². The van der Waals surface area contributed by atoms with E-state index in [0.29, 0.717) is 12.5 Å². The minimum atomic E-state index is -2.41. The van der Waals surface area contributed by atoms with Gasteiger partial charge in [0.25, 0.3) is 0 Å². The lowest BCUT2D eigenvalue weighted by Crippen LogP contribution is -2.49. The Labute approximate surface area is 121 Å². The maximum absolute atomic E-state index is 5.85. The summed E-state index contributed by atoms with van der Waals surface area (Å²) in [5, 5.41) is 0. The van der Waals surface area contributed by atoms with Crippen molar-refractivity contribution in [3.8, 4) is 0 Å². The van der Waals surface area contributed by atoms with Crippen LogP contribution in [0.5, 0.6) is 0 Å². The molecule has 1 saturated heterocycles. The largest absolute Gasteiger partial charge is 0.501 e. The van der Waals surface area contributed by atoms with Gasteiger partial charge in [-0.2, -0.15) is 0 Å². The molecule has 1 aromatic rings. The van der Waals surface area contributed by atoms with Gasteiger partial charge in [0, 0.05) is 31.7 Å². The first-order chi connectivity index (χ1) is 9.28. The number of alkyl halides is 1. The Hall–Kier alpha value is -0.393. The number of hydrogen-bond acceptors (Lipinski definition) is 3. The summed E-state index contributed by atoms with van der Waals surface area (Å²) in [5.74, 6) is 0.560. The highest BCUT2D eigenvalue weighted by Crippen LogP contribution is 2.23. The highest BCUT2D eigenvalue weighted by atomic mass is 35.5. The van der Waals surface area contributed by atoms with E-state index < -0.39 is 8.80 Å². The van der Waals surface area contributed by atoms with E-state index in [1.54, 1.807) is 0 Å². The number of aryl methyl sites for hydroxylation is 1. The van der Waals surface area contributed by atoms with Gasteiger partial charge in [-0.3, -0.25) is 0 Å². The monoisotopic (exact) mass is 300 g/mol. The first-order valence-corrected chi connectivity index (χ1v) is 9.30. The fourth-order valence-electron chi connectivity index (χ4n) is 2.17. The van der Waals surface area contributed by atoms with Crippen LogP contribution in [-0.2, 0) is 25.6 Å². The third-order valence-electron chi connectivity index (χ3n) is 3.19. The molecule has 0 unspecified atom stereocenters. The quantitative estimate of drug-likeness (QED) is 0.595. The van der Waals surface area contributed by atoms with Gasteiger partial charge >= 0.3 is 8.80 Å². The molecule has 0 bridgehead atoms. The summed E-state index contributed by atoms with van der Waals surface area (Å²) in [6.45, 7) is 4.16. The topological polar surface area (TPSA) is 27.7 Å². The van der Waals surface area contributed by atoms with Crippen LogP contribution in [0, 0.1) is 0 Å². The first-order valence-electron chi connectivity index (χ1n) is 6.83. The van der Waals surface area contributed by atoms with Gasteiger partial charge in [-0.05, 0) is 30.9 Å². The van der Waals surface area contributed by atoms with Crippen molar-refractivity contribution in [2.75, 3.05) is 19.8 Å². The van der Waals surface area contributed by atoms with Crippen molar-refractivity contribution in [2.45, 2.75) is 31.7 Å². The lowest BCUT2D eigenvalue weighted by molar-refractivity contribution is 0.0249. The molecule has 1 aliphatic heterocycles. The third-order valence-corrected chi connectivity index (χ3v) is 6.38. The van der Waals surface area contributed by atoms with Crippen molar-refractivity contribution in [1.82, 2.24) is 0 Å². The first kappa shape index (κ1) is 15.0. The number of benzene rings is 1. The van der Waals surface area contributed by atoms with Gasteiger partial charge in [-0.15, -0.1) is 11.6 Å². The van der Waals surface area contributed by atoms with E-state index >= 15 is 0 Å². The fraction of sp³-hybridized carbons (Fsp3) is 0.571. The molecule has 0 aliphatic carbocycles. The molecule has 3 nitrogen and oxygen atoms in total. The second-order valence-electron chi connectivity index (χ2n) is 4.62. The van der Waals surface area contributed by atoms with Crippen LogP contribution < -0.4 is 0 Å². The van der Waals surface area contributed by atoms with Crippen molar-refractivity contribution in [2.24, 2.45) is 0 Å². The molecule has 0 atom stereocenters. The van der Waals surface area contributed by atoms with Crippen LogP contribution in [0.3, 0.4) is 0 Å². The van der Waals surface area contributed by atoms with Gasteiger partial charge in [0.15, 0.2) is 0 Å². The number of rotatable bonds is 6. The molecule has 0 saturated carbocycles. The Kier molecular flexibility index (Phi) is 5.85. The predicted molar refractivity (Wildman–Crippen MR) is 78.4 cm³/mol. The minimum absolute atomic E-state index is 0.560. The summed E-state index contributed by atoms with van der Waals surface area (Å²) in [6.07, 6.45) is 1.89. The maximum Gasteiger partial charge on any atom is 0.501 e. The molecule has 1 aromatic carbocycles. The van der Waals surface area contributed by atoms with E-state index in [2.05, 4.69) is 24.3 Å². The molecule has 0 N–H and O–H groups in total. The molecular formula is C14H21ClO3Si. The Morgan fingerprint density at radius 1 is 1.16 bits per heavy atom. The van der Waals surface area contributed by atoms with E-state index in [1.165, 1.54) is 5.56 Å². The zero-order valence-corrected chi connectivity index (χ0v) is 13.1. The molecule has 0 amide bonds. The zero-order chi connectivity index (χ0) is 13.6. The van der Waals surface area contributed by atoms with Crippen LogP contribution in [0.4, 0.5) is 0 Å².